The van der Waals surface area contributed by atoms with Crippen molar-refractivity contribution in [3.05, 3.63) is 59.7 Å². The smallest absolute Gasteiger partial charge is 0.315 e. The van der Waals surface area contributed by atoms with Gasteiger partial charge < -0.3 is 103 Å². The van der Waals surface area contributed by atoms with Crippen LogP contribution in [0.4, 0.5) is 4.79 Å². The number of thioether (sulfide) groups is 1. The van der Waals surface area contributed by atoms with Crippen molar-refractivity contribution in [2.75, 3.05) is 217 Å². The number of hydrogen-bond acceptors (Lipinski definition) is 21. The Morgan fingerprint density at radius 3 is 1.32 bits per heavy atom. The summed E-state index contributed by atoms with van der Waals surface area (Å²) in [6.07, 6.45) is 10.3. The molecule has 2 aromatic rings. The first-order valence-electron chi connectivity index (χ1n) is 33.5. The number of unbranched alkanes of at least 4 members (excludes halogenated alkanes) is 1. The molecule has 2 heterocycles. The first kappa shape index (κ1) is 82.3. The number of nitrogens with one attached hydrogen (secondary N) is 5. The van der Waals surface area contributed by atoms with Gasteiger partial charge in [0.1, 0.15) is 0 Å². The maximum absolute atomic E-state index is 12.5. The normalized spacial score (nSPS) is 19.8. The minimum absolute atomic E-state index is 0. The third-order valence-corrected chi connectivity index (χ3v) is 17.2. The molecule has 2 saturated carbocycles. The summed E-state index contributed by atoms with van der Waals surface area (Å²) in [6, 6.07) is 19.5. The molecule has 534 valence electrons. The summed E-state index contributed by atoms with van der Waals surface area (Å²) >= 11 is 1.90. The highest BCUT2D eigenvalue weighted by Gasteiger charge is 2.43. The molecule has 2 aliphatic carbocycles. The van der Waals surface area contributed by atoms with Crippen molar-refractivity contribution in [1.29, 1.82) is 0 Å². The van der Waals surface area contributed by atoms with Crippen molar-refractivity contribution in [3.8, 4) is 11.1 Å². The maximum atomic E-state index is 12.5. The van der Waals surface area contributed by atoms with E-state index in [2.05, 4.69) is 75.1 Å². The molecule has 4 fully saturated rings. The van der Waals surface area contributed by atoms with Gasteiger partial charge in [-0.15, -0.1) is 24.8 Å². The van der Waals surface area contributed by atoms with Crippen LogP contribution < -0.4 is 32.3 Å². The molecule has 0 radical (unpaired) electrons. The molecule has 6 rings (SSSR count). The van der Waals surface area contributed by atoms with Crippen LogP contribution in [0.15, 0.2) is 48.5 Å². The highest BCUT2D eigenvalue weighted by molar-refractivity contribution is 8.00. The number of fused-ring (bicyclic) bond motifs is 1. The van der Waals surface area contributed by atoms with E-state index in [1.807, 2.05) is 11.8 Å². The van der Waals surface area contributed by atoms with E-state index in [1.165, 1.54) is 36.0 Å². The van der Waals surface area contributed by atoms with Crippen LogP contribution in [-0.4, -0.2) is 270 Å². The van der Waals surface area contributed by atoms with E-state index in [4.69, 9.17) is 76.8 Å². The van der Waals surface area contributed by atoms with Gasteiger partial charge in [0.15, 0.2) is 0 Å². The average Bonchev–Trinajstić information content (AvgIpc) is 1.69. The van der Waals surface area contributed by atoms with Gasteiger partial charge in [-0.2, -0.15) is 11.8 Å². The number of amides is 4. The Morgan fingerprint density at radius 1 is 0.484 bits per heavy atom. The van der Waals surface area contributed by atoms with Gasteiger partial charge in [-0.3, -0.25) is 9.59 Å². The van der Waals surface area contributed by atoms with E-state index < -0.39 is 0 Å². The molecular weight excluding hydrogens is 1270 g/mol. The lowest BCUT2D eigenvalue weighted by molar-refractivity contribution is -0.122. The van der Waals surface area contributed by atoms with Crippen LogP contribution in [0.25, 0.3) is 11.1 Å². The van der Waals surface area contributed by atoms with Crippen LogP contribution in [0, 0.1) is 0 Å². The molecule has 93 heavy (non-hydrogen) atoms. The molecule has 0 unspecified atom stereocenters. The molecule has 24 nitrogen and oxygen atoms in total. The lowest BCUT2D eigenvalue weighted by atomic mass is 9.91. The molecule has 2 aliphatic heterocycles. The summed E-state index contributed by atoms with van der Waals surface area (Å²) in [5, 5.41) is 16.1. The Morgan fingerprint density at radius 2 is 0.892 bits per heavy atom. The van der Waals surface area contributed by atoms with Crippen LogP contribution in [0.2, 0.25) is 0 Å². The van der Waals surface area contributed by atoms with Gasteiger partial charge in [-0.25, -0.2) is 4.79 Å². The van der Waals surface area contributed by atoms with E-state index in [0.29, 0.717) is 260 Å². The zero-order valence-electron chi connectivity index (χ0n) is 54.9. The average molecular weight is 1380 g/mol. The molecule has 4 aliphatic rings. The number of urea groups is 1. The summed E-state index contributed by atoms with van der Waals surface area (Å²) in [5.74, 6) is 1.61. The quantitative estimate of drug-likeness (QED) is 0.0373. The van der Waals surface area contributed by atoms with E-state index in [-0.39, 0.29) is 54.7 Å². The van der Waals surface area contributed by atoms with Gasteiger partial charge >= 0.3 is 6.03 Å². The minimum Gasteiger partial charge on any atom is -0.377 e. The molecule has 27 heteroatoms. The molecule has 5 atom stereocenters. The highest BCUT2D eigenvalue weighted by Crippen LogP contribution is 2.42. The molecule has 4 amide bonds. The molecule has 0 spiro atoms. The number of aryl methyl sites for hydroxylation is 1. The number of carbonyl (C=O) groups is 3. The Labute approximate surface area is 569 Å². The first-order chi connectivity index (χ1) is 44.9. The third kappa shape index (κ3) is 39.8. The van der Waals surface area contributed by atoms with Gasteiger partial charge in [0.25, 0.3) is 0 Å². The monoisotopic (exact) mass is 1380 g/mol. The number of nitrogens with two attached hydrogens (primary N) is 1. The van der Waals surface area contributed by atoms with Gasteiger partial charge in [0.05, 0.1) is 210 Å². The van der Waals surface area contributed by atoms with E-state index in [0.717, 1.165) is 43.4 Å². The second-order valence-electron chi connectivity index (χ2n) is 22.8. The van der Waals surface area contributed by atoms with Crippen molar-refractivity contribution in [2.45, 2.75) is 112 Å². The third-order valence-electron chi connectivity index (χ3n) is 15.7. The summed E-state index contributed by atoms with van der Waals surface area (Å²) in [6.45, 7) is 15.0. The zero-order valence-corrected chi connectivity index (χ0v) is 57.4. The Kier molecular flexibility index (Phi) is 48.6. The fourth-order valence-corrected chi connectivity index (χ4v) is 12.1. The molecule has 0 bridgehead atoms. The number of benzene rings is 2. The molecule has 0 aromatic heterocycles. The topological polar surface area (TPSA) is 276 Å². The lowest BCUT2D eigenvalue weighted by Gasteiger charge is -2.27. The molecule has 2 saturated heterocycles. The largest absolute Gasteiger partial charge is 0.377 e. The van der Waals surface area contributed by atoms with Gasteiger partial charge in [-0.1, -0.05) is 55.0 Å². The molecular formula is C66H112Cl2N6O18S. The fraction of sp³-hybridized carbons (Fsp3) is 0.773. The van der Waals surface area contributed by atoms with Crippen molar-refractivity contribution < 1.29 is 85.4 Å². The first-order valence-corrected chi connectivity index (χ1v) is 34.5. The van der Waals surface area contributed by atoms with Crippen LogP contribution in [0.3, 0.4) is 0 Å². The maximum Gasteiger partial charge on any atom is 0.315 e. The number of hydrogen-bond donors (Lipinski definition) is 6. The predicted octanol–water partition coefficient (Wildman–Crippen LogP) is 5.05. The van der Waals surface area contributed by atoms with Crippen molar-refractivity contribution >= 4 is 54.4 Å². The summed E-state index contributed by atoms with van der Waals surface area (Å²) in [7, 11) is 0. The van der Waals surface area contributed by atoms with Gasteiger partial charge in [0, 0.05) is 61.0 Å². The van der Waals surface area contributed by atoms with Gasteiger partial charge in [-0.05, 0) is 73.6 Å². The highest BCUT2D eigenvalue weighted by atomic mass is 35.5. The standard InChI is InChI=1S/C66H110N6O18S.2ClH/c67-57-13-15-58(16-14-57)70-60-51-59(60)55-11-9-54(10-12-55)56-5-3-4-53(50-56)8-17-64(74)69-19-21-77-23-25-79-27-29-81-31-33-83-35-37-85-39-41-87-43-45-89-47-49-90-48-46-88-44-42-86-40-38-84-36-34-82-32-30-80-28-26-78-24-22-76-20-18-68-63(73)7-2-1-6-62-65-61(52-91-62)71-66(75)72-65;;/h3-5,9-12,50,57-62,65,70H,1-2,6-8,13-49,51-52,67H2,(H,68,73)(H,69,74)(H2,71,72,75);2*1H/t57-,58-,59-,60+,61-,62-,65-;;/m0../s1. The second kappa shape index (κ2) is 54.9. The van der Waals surface area contributed by atoms with E-state index >= 15 is 0 Å². The second-order valence-corrected chi connectivity index (χ2v) is 24.1. The Bertz CT molecular complexity index is 2170. The Hall–Kier alpha value is -3.10. The van der Waals surface area contributed by atoms with E-state index in [1.54, 1.807) is 0 Å². The van der Waals surface area contributed by atoms with Crippen molar-refractivity contribution in [2.24, 2.45) is 5.73 Å². The predicted molar refractivity (Wildman–Crippen MR) is 361 cm³/mol. The number of halogens is 2. The summed E-state index contributed by atoms with van der Waals surface area (Å²) < 4.78 is 83.2. The minimum atomic E-state index is -0.0643. The SMILES string of the molecule is Cl.Cl.N[C@H]1CC[C@H](N[C@@H]2C[C@H]2c2ccc(-c3cccc(CCC(=O)NCCOCCOCCOCCOCCOCCOCCOCCOCCOCCOCCOCCOCCOCCOCCOCCNC(=O)CCCC[C@@H]4SC[C@@H]5NC(=O)N[C@@H]54)c3)cc2)CC1. The van der Waals surface area contributed by atoms with Crippen LogP contribution >= 0.6 is 36.6 Å². The van der Waals surface area contributed by atoms with E-state index in [9.17, 15) is 14.4 Å². The van der Waals surface area contributed by atoms with Gasteiger partial charge in [0.2, 0.25) is 11.8 Å². The van der Waals surface area contributed by atoms with Crippen molar-refractivity contribution in [3.63, 3.8) is 0 Å². The lowest BCUT2D eigenvalue weighted by Crippen LogP contribution is -2.38. The van der Waals surface area contributed by atoms with Crippen molar-refractivity contribution in [1.82, 2.24) is 26.6 Å². The van der Waals surface area contributed by atoms with Crippen LogP contribution in [0.5, 0.6) is 0 Å². The fourth-order valence-electron chi connectivity index (χ4n) is 10.6. The van der Waals surface area contributed by atoms with Crippen LogP contribution in [-0.2, 0) is 87.1 Å². The molecule has 2 aromatic carbocycles. The summed E-state index contributed by atoms with van der Waals surface area (Å²) in [4.78, 5) is 36.1. The zero-order chi connectivity index (χ0) is 63.7. The number of carbonyl (C=O) groups excluding carboxylic acids is 3. The number of ether oxygens (including phenoxy) is 15. The number of rotatable bonds is 60. The van der Waals surface area contributed by atoms with Crippen LogP contribution in [0.1, 0.15) is 81.3 Å². The molecule has 7 N–H and O–H groups in total. The Balaban J connectivity index is 0.00000922. The summed E-state index contributed by atoms with van der Waals surface area (Å²) in [5.41, 5.74) is 11.0.